The Morgan fingerprint density at radius 3 is 2.00 bits per heavy atom. The number of hydrogen-bond acceptors (Lipinski definition) is 2. The van der Waals surface area contributed by atoms with Crippen LogP contribution in [0.4, 0.5) is 0 Å². The fourth-order valence-electron chi connectivity index (χ4n) is 1.06. The Morgan fingerprint density at radius 1 is 1.11 bits per heavy atom. The number of oxime groups is 1. The molecule has 1 aliphatic rings. The maximum atomic E-state index is 8.28. The molecule has 0 aromatic rings. The standard InChI is InChI=1S/C6H11NO.Sn.2H/c8-7-6-4-2-1-3-5-6;;;/h8H,1-5H2;;;. The molecule has 0 atom stereocenters. The van der Waals surface area contributed by atoms with Crippen molar-refractivity contribution < 1.29 is 5.21 Å². The van der Waals surface area contributed by atoms with Crippen LogP contribution in [0.3, 0.4) is 0 Å². The number of nitrogens with zero attached hydrogens (tertiary/aromatic N) is 1. The quantitative estimate of drug-likeness (QED) is 0.376. The molecule has 0 spiro atoms. The van der Waals surface area contributed by atoms with Crippen molar-refractivity contribution in [2.75, 3.05) is 0 Å². The second kappa shape index (κ2) is 5.09. The van der Waals surface area contributed by atoms with E-state index in [1.807, 2.05) is 0 Å². The average Bonchev–Trinajstić information content (AvgIpc) is 1.90. The molecule has 1 saturated carbocycles. The van der Waals surface area contributed by atoms with E-state index in [4.69, 9.17) is 5.21 Å². The van der Waals surface area contributed by atoms with Crippen LogP contribution < -0.4 is 0 Å². The van der Waals surface area contributed by atoms with E-state index in [2.05, 4.69) is 5.16 Å². The van der Waals surface area contributed by atoms with E-state index in [9.17, 15) is 0 Å². The topological polar surface area (TPSA) is 32.6 Å². The van der Waals surface area contributed by atoms with Crippen LogP contribution in [-0.2, 0) is 0 Å². The first-order valence-corrected chi connectivity index (χ1v) is 3.13. The SMILES string of the molecule is ON=C1CCCCC1.[SnH2]. The normalized spacial score (nSPS) is 18.4. The minimum atomic E-state index is 0. The third-order valence-electron chi connectivity index (χ3n) is 1.57. The molecule has 9 heavy (non-hydrogen) atoms. The van der Waals surface area contributed by atoms with E-state index >= 15 is 0 Å². The van der Waals surface area contributed by atoms with Crippen LogP contribution >= 0.6 is 0 Å². The van der Waals surface area contributed by atoms with Gasteiger partial charge in [-0.05, 0) is 25.7 Å². The Hall–Kier alpha value is 0.269. The molecule has 0 bridgehead atoms. The summed E-state index contributed by atoms with van der Waals surface area (Å²) in [4.78, 5) is 0. The monoisotopic (exact) mass is 235 g/mol. The van der Waals surface area contributed by atoms with Gasteiger partial charge in [-0.1, -0.05) is 11.6 Å². The second-order valence-electron chi connectivity index (χ2n) is 2.23. The van der Waals surface area contributed by atoms with Crippen molar-refractivity contribution in [3.05, 3.63) is 0 Å². The Labute approximate surface area is 72.3 Å². The molecule has 0 unspecified atom stereocenters. The van der Waals surface area contributed by atoms with Crippen LogP contribution in [0, 0.1) is 0 Å². The summed E-state index contributed by atoms with van der Waals surface area (Å²) in [5, 5.41) is 11.4. The van der Waals surface area contributed by atoms with Gasteiger partial charge in [0.15, 0.2) is 0 Å². The van der Waals surface area contributed by atoms with E-state index < -0.39 is 0 Å². The van der Waals surface area contributed by atoms with Gasteiger partial charge < -0.3 is 5.21 Å². The van der Waals surface area contributed by atoms with E-state index in [0.717, 1.165) is 18.6 Å². The van der Waals surface area contributed by atoms with Crippen LogP contribution in [0.15, 0.2) is 5.16 Å². The molecule has 1 fully saturated rings. The van der Waals surface area contributed by atoms with Gasteiger partial charge in [0, 0.05) is 0 Å². The molecular formula is C6H13NOSn. The van der Waals surface area contributed by atoms with Crippen LogP contribution in [0.1, 0.15) is 32.1 Å². The fourth-order valence-corrected chi connectivity index (χ4v) is 1.06. The van der Waals surface area contributed by atoms with Crippen molar-refractivity contribution in [3.8, 4) is 0 Å². The van der Waals surface area contributed by atoms with E-state index in [1.54, 1.807) is 0 Å². The van der Waals surface area contributed by atoms with Crippen molar-refractivity contribution in [3.63, 3.8) is 0 Å². The van der Waals surface area contributed by atoms with Crippen molar-refractivity contribution in [2.24, 2.45) is 5.16 Å². The molecule has 52 valence electrons. The van der Waals surface area contributed by atoms with Gasteiger partial charge in [0.05, 0.1) is 5.71 Å². The first kappa shape index (κ1) is 9.27. The predicted molar refractivity (Wildman–Crippen MR) is 40.9 cm³/mol. The van der Waals surface area contributed by atoms with Crippen molar-refractivity contribution in [1.29, 1.82) is 0 Å². The fraction of sp³-hybridized carbons (Fsp3) is 0.833. The van der Waals surface area contributed by atoms with Crippen molar-refractivity contribution in [1.82, 2.24) is 0 Å². The summed E-state index contributed by atoms with van der Waals surface area (Å²) < 4.78 is 0. The van der Waals surface area contributed by atoms with Gasteiger partial charge in [0.1, 0.15) is 0 Å². The Kier molecular flexibility index (Phi) is 5.24. The molecule has 0 aromatic heterocycles. The molecule has 2 radical (unpaired) electrons. The molecule has 0 saturated heterocycles. The summed E-state index contributed by atoms with van der Waals surface area (Å²) in [6.07, 6.45) is 5.74. The van der Waals surface area contributed by atoms with E-state index in [-0.39, 0.29) is 23.9 Å². The molecule has 1 rings (SSSR count). The maximum absolute atomic E-state index is 8.28. The molecule has 3 heteroatoms. The van der Waals surface area contributed by atoms with Crippen molar-refractivity contribution in [2.45, 2.75) is 32.1 Å². The first-order valence-electron chi connectivity index (χ1n) is 3.13. The third-order valence-corrected chi connectivity index (χ3v) is 1.57. The molecule has 0 heterocycles. The van der Waals surface area contributed by atoms with E-state index in [0.29, 0.717) is 0 Å². The zero-order valence-electron chi connectivity index (χ0n) is 5.64. The minimum absolute atomic E-state index is 0. The van der Waals surface area contributed by atoms with Gasteiger partial charge in [-0.3, -0.25) is 0 Å². The number of rotatable bonds is 0. The van der Waals surface area contributed by atoms with Gasteiger partial charge in [-0.2, -0.15) is 0 Å². The van der Waals surface area contributed by atoms with Crippen LogP contribution in [-0.4, -0.2) is 34.8 Å². The van der Waals surface area contributed by atoms with Gasteiger partial charge in [-0.15, -0.1) is 0 Å². The van der Waals surface area contributed by atoms with E-state index in [1.165, 1.54) is 19.3 Å². The third kappa shape index (κ3) is 3.08. The molecule has 0 aliphatic heterocycles. The summed E-state index contributed by atoms with van der Waals surface area (Å²) >= 11 is 0. The molecule has 1 aliphatic carbocycles. The summed E-state index contributed by atoms with van der Waals surface area (Å²) in [7, 11) is 0. The molecule has 0 aromatic carbocycles. The van der Waals surface area contributed by atoms with Crippen LogP contribution in [0.5, 0.6) is 0 Å². The molecule has 0 amide bonds. The first-order chi connectivity index (χ1) is 3.93. The second-order valence-corrected chi connectivity index (χ2v) is 2.23. The van der Waals surface area contributed by atoms with Gasteiger partial charge in [-0.25, -0.2) is 0 Å². The Bertz CT molecular complexity index is 95.2. The van der Waals surface area contributed by atoms with Crippen molar-refractivity contribution >= 4 is 29.6 Å². The molecule has 2 nitrogen and oxygen atoms in total. The average molecular weight is 234 g/mol. The Morgan fingerprint density at radius 2 is 1.67 bits per heavy atom. The zero-order chi connectivity index (χ0) is 5.82. The molecular weight excluding hydrogens is 221 g/mol. The van der Waals surface area contributed by atoms with Gasteiger partial charge in [0.2, 0.25) is 0 Å². The summed E-state index contributed by atoms with van der Waals surface area (Å²) in [5.74, 6) is 0. The summed E-state index contributed by atoms with van der Waals surface area (Å²) in [5.41, 5.74) is 0.983. The summed E-state index contributed by atoms with van der Waals surface area (Å²) in [6.45, 7) is 0. The zero-order valence-corrected chi connectivity index (χ0v) is 9.67. The summed E-state index contributed by atoms with van der Waals surface area (Å²) in [6, 6.07) is 0. The molecule has 1 N–H and O–H groups in total. The predicted octanol–water partition coefficient (Wildman–Crippen LogP) is 0.864. The van der Waals surface area contributed by atoms with Crippen LogP contribution in [0.25, 0.3) is 0 Å². The van der Waals surface area contributed by atoms with Crippen LogP contribution in [0.2, 0.25) is 0 Å². The Balaban J connectivity index is 0.000000640. The number of hydrogen-bond donors (Lipinski definition) is 1. The van der Waals surface area contributed by atoms with Gasteiger partial charge >= 0.3 is 23.9 Å². The van der Waals surface area contributed by atoms with Gasteiger partial charge in [0.25, 0.3) is 0 Å².